The summed E-state index contributed by atoms with van der Waals surface area (Å²) in [6.45, 7) is -0.344. The minimum Gasteiger partial charge on any atom is -0.421 e. The van der Waals surface area contributed by atoms with E-state index in [1.807, 2.05) is 42.5 Å². The number of nitrogens with zero attached hydrogens (tertiary/aromatic N) is 2. The largest absolute Gasteiger partial charge is 0.421 e. The normalized spacial score (nSPS) is 11.0. The Morgan fingerprint density at radius 3 is 2.50 bits per heavy atom. The molecule has 1 N–H and O–H groups in total. The van der Waals surface area contributed by atoms with Crippen LogP contribution in [0, 0.1) is 0 Å². The van der Waals surface area contributed by atoms with Crippen LogP contribution < -0.4 is 16.5 Å². The lowest BCUT2D eigenvalue weighted by Crippen LogP contribution is -2.30. The Morgan fingerprint density at radius 2 is 1.62 bits per heavy atom. The Balaban J connectivity index is 1.45. The van der Waals surface area contributed by atoms with E-state index < -0.39 is 17.1 Å². The van der Waals surface area contributed by atoms with Crippen LogP contribution in [0.3, 0.4) is 0 Å². The molecule has 0 bridgehead atoms. The molecular formula is C25H17N3O4. The Kier molecular flexibility index (Phi) is 4.84. The molecule has 7 heteroatoms. The molecule has 156 valence electrons. The maximum atomic E-state index is 12.6. The summed E-state index contributed by atoms with van der Waals surface area (Å²) in [5, 5.41) is 9.63. The molecule has 0 saturated carbocycles. The summed E-state index contributed by atoms with van der Waals surface area (Å²) >= 11 is 0. The first kappa shape index (κ1) is 19.4. The van der Waals surface area contributed by atoms with E-state index in [0.717, 1.165) is 21.0 Å². The van der Waals surface area contributed by atoms with Crippen molar-refractivity contribution in [2.45, 2.75) is 6.54 Å². The molecule has 32 heavy (non-hydrogen) atoms. The van der Waals surface area contributed by atoms with E-state index in [1.165, 1.54) is 6.07 Å². The van der Waals surface area contributed by atoms with Crippen molar-refractivity contribution >= 4 is 33.3 Å². The molecule has 7 nitrogen and oxygen atoms in total. The third kappa shape index (κ3) is 3.67. The highest BCUT2D eigenvalue weighted by molar-refractivity contribution is 5.96. The number of benzene rings is 3. The van der Waals surface area contributed by atoms with Crippen LogP contribution >= 0.6 is 0 Å². The zero-order valence-electron chi connectivity index (χ0n) is 16.8. The third-order valence-electron chi connectivity index (χ3n) is 5.14. The quantitative estimate of drug-likeness (QED) is 0.444. The highest BCUT2D eigenvalue weighted by Gasteiger charge is 2.13. The monoisotopic (exact) mass is 423 g/mol. The summed E-state index contributed by atoms with van der Waals surface area (Å²) in [4.78, 5) is 37.1. The first-order chi connectivity index (χ1) is 15.6. The van der Waals surface area contributed by atoms with Crippen molar-refractivity contribution < 1.29 is 9.21 Å². The molecule has 5 aromatic rings. The minimum atomic E-state index is -0.665. The highest BCUT2D eigenvalue weighted by Crippen LogP contribution is 2.26. The molecule has 0 atom stereocenters. The summed E-state index contributed by atoms with van der Waals surface area (Å²) in [6, 6.07) is 25.3. The number of nitrogens with one attached hydrogen (secondary N) is 1. The van der Waals surface area contributed by atoms with Gasteiger partial charge in [0.1, 0.15) is 17.8 Å². The third-order valence-corrected chi connectivity index (χ3v) is 5.14. The van der Waals surface area contributed by atoms with Gasteiger partial charge in [0.25, 0.3) is 5.56 Å². The number of carbonyl (C=O) groups is 1. The van der Waals surface area contributed by atoms with Crippen molar-refractivity contribution in [1.82, 2.24) is 9.78 Å². The van der Waals surface area contributed by atoms with Crippen molar-refractivity contribution in [2.75, 3.05) is 5.32 Å². The second-order valence-electron chi connectivity index (χ2n) is 7.27. The molecule has 1 amide bonds. The lowest BCUT2D eigenvalue weighted by Gasteiger charge is -2.10. The fraction of sp³-hybridized carbons (Fsp3) is 0.0400. The summed E-state index contributed by atoms with van der Waals surface area (Å²) in [5.41, 5.74) is 0.770. The van der Waals surface area contributed by atoms with Gasteiger partial charge >= 0.3 is 5.63 Å². The number of hydrogen-bond acceptors (Lipinski definition) is 5. The van der Waals surface area contributed by atoms with Gasteiger partial charge in [0.05, 0.1) is 5.69 Å². The van der Waals surface area contributed by atoms with Crippen molar-refractivity contribution in [2.24, 2.45) is 0 Å². The van der Waals surface area contributed by atoms with Crippen LogP contribution in [-0.4, -0.2) is 15.7 Å². The number of hydrogen-bond donors (Lipinski definition) is 1. The lowest BCUT2D eigenvalue weighted by molar-refractivity contribution is -0.117. The van der Waals surface area contributed by atoms with Crippen LogP contribution in [0.5, 0.6) is 0 Å². The van der Waals surface area contributed by atoms with Gasteiger partial charge in [-0.3, -0.25) is 9.59 Å². The van der Waals surface area contributed by atoms with Crippen molar-refractivity contribution in [1.29, 1.82) is 0 Å². The maximum Gasteiger partial charge on any atom is 0.360 e. The number of anilines is 1. The molecule has 2 aromatic heterocycles. The zero-order valence-corrected chi connectivity index (χ0v) is 16.8. The van der Waals surface area contributed by atoms with Crippen LogP contribution in [0.1, 0.15) is 0 Å². The number of carbonyl (C=O) groups excluding carboxylic acids is 1. The van der Waals surface area contributed by atoms with Gasteiger partial charge in [0.15, 0.2) is 0 Å². The second kappa shape index (κ2) is 7.96. The SMILES string of the molecule is O=C(Cn1nc(-c2cccc3ccccc23)ccc1=O)Nc1cc2ccccc2oc1=O. The molecule has 0 spiro atoms. The van der Waals surface area contributed by atoms with Crippen LogP contribution in [0.25, 0.3) is 33.0 Å². The maximum absolute atomic E-state index is 12.6. The average molecular weight is 423 g/mol. The summed E-state index contributed by atoms with van der Waals surface area (Å²) < 4.78 is 6.31. The van der Waals surface area contributed by atoms with E-state index in [4.69, 9.17) is 4.42 Å². The van der Waals surface area contributed by atoms with E-state index in [0.29, 0.717) is 16.7 Å². The van der Waals surface area contributed by atoms with Gasteiger partial charge in [0, 0.05) is 17.0 Å². The minimum absolute atomic E-state index is 0.00644. The highest BCUT2D eigenvalue weighted by atomic mass is 16.4. The Labute approximate surface area is 181 Å². The van der Waals surface area contributed by atoms with Gasteiger partial charge in [-0.1, -0.05) is 60.7 Å². The number of fused-ring (bicyclic) bond motifs is 2. The summed E-state index contributed by atoms with van der Waals surface area (Å²) in [5.74, 6) is -0.558. The van der Waals surface area contributed by atoms with Crippen molar-refractivity contribution in [3.63, 3.8) is 0 Å². The van der Waals surface area contributed by atoms with Crippen LogP contribution in [-0.2, 0) is 11.3 Å². The summed E-state index contributed by atoms with van der Waals surface area (Å²) in [6.07, 6.45) is 0. The molecule has 0 unspecified atom stereocenters. The molecule has 0 radical (unpaired) electrons. The van der Waals surface area contributed by atoms with Crippen LogP contribution in [0.4, 0.5) is 5.69 Å². The number of para-hydroxylation sites is 1. The van der Waals surface area contributed by atoms with Crippen LogP contribution in [0.2, 0.25) is 0 Å². The Bertz CT molecular complexity index is 1600. The Hall–Kier alpha value is -4.52. The topological polar surface area (TPSA) is 94.2 Å². The average Bonchev–Trinajstić information content (AvgIpc) is 2.80. The molecule has 0 aliphatic carbocycles. The zero-order chi connectivity index (χ0) is 22.1. The molecule has 0 aliphatic rings. The van der Waals surface area contributed by atoms with E-state index in [9.17, 15) is 14.4 Å². The molecule has 0 saturated heterocycles. The predicted octanol–water partition coefficient (Wildman–Crippen LogP) is 3.81. The fourth-order valence-corrected chi connectivity index (χ4v) is 3.63. The van der Waals surface area contributed by atoms with Gasteiger partial charge in [0.2, 0.25) is 5.91 Å². The van der Waals surface area contributed by atoms with Gasteiger partial charge in [-0.15, -0.1) is 0 Å². The van der Waals surface area contributed by atoms with Gasteiger partial charge in [-0.2, -0.15) is 5.10 Å². The molecular weight excluding hydrogens is 406 g/mol. The van der Waals surface area contributed by atoms with E-state index in [1.54, 1.807) is 36.4 Å². The van der Waals surface area contributed by atoms with Crippen molar-refractivity contribution in [3.05, 3.63) is 106 Å². The molecule has 2 heterocycles. The number of amides is 1. The number of rotatable bonds is 4. The van der Waals surface area contributed by atoms with Crippen molar-refractivity contribution in [3.8, 4) is 11.3 Å². The fourth-order valence-electron chi connectivity index (χ4n) is 3.63. The molecule has 5 rings (SSSR count). The second-order valence-corrected chi connectivity index (χ2v) is 7.27. The first-order valence-corrected chi connectivity index (χ1v) is 9.97. The van der Waals surface area contributed by atoms with Gasteiger partial charge in [-0.05, 0) is 29.0 Å². The first-order valence-electron chi connectivity index (χ1n) is 9.97. The van der Waals surface area contributed by atoms with E-state index >= 15 is 0 Å². The number of aromatic nitrogens is 2. The van der Waals surface area contributed by atoms with E-state index in [2.05, 4.69) is 10.4 Å². The van der Waals surface area contributed by atoms with E-state index in [-0.39, 0.29) is 12.2 Å². The molecule has 0 fully saturated rings. The standard InChI is InChI=1S/C25H17N3O4/c29-23(26-21-14-17-7-2-4-11-22(17)32-25(21)31)15-28-24(30)13-12-20(27-28)19-10-5-8-16-6-1-3-9-18(16)19/h1-14H,15H2,(H,26,29). The summed E-state index contributed by atoms with van der Waals surface area (Å²) in [7, 11) is 0. The predicted molar refractivity (Wildman–Crippen MR) is 123 cm³/mol. The van der Waals surface area contributed by atoms with Gasteiger partial charge in [-0.25, -0.2) is 9.48 Å². The molecule has 3 aromatic carbocycles. The Morgan fingerprint density at radius 1 is 0.875 bits per heavy atom. The lowest BCUT2D eigenvalue weighted by atomic mass is 10.0. The smallest absolute Gasteiger partial charge is 0.360 e. The van der Waals surface area contributed by atoms with Gasteiger partial charge < -0.3 is 9.73 Å². The van der Waals surface area contributed by atoms with Crippen LogP contribution in [0.15, 0.2) is 98.9 Å². The molecule has 0 aliphatic heterocycles.